The smallest absolute Gasteiger partial charge is 0.166 e. The van der Waals surface area contributed by atoms with Gasteiger partial charge in [-0.2, -0.15) is 0 Å². The van der Waals surface area contributed by atoms with Crippen LogP contribution in [0.2, 0.25) is 5.02 Å². The fourth-order valence-electron chi connectivity index (χ4n) is 2.06. The van der Waals surface area contributed by atoms with Gasteiger partial charge >= 0.3 is 0 Å². The van der Waals surface area contributed by atoms with Crippen LogP contribution in [0.1, 0.15) is 12.0 Å². The second-order valence-electron chi connectivity index (χ2n) is 4.54. The molecule has 0 radical (unpaired) electrons. The predicted octanol–water partition coefficient (Wildman–Crippen LogP) is 2.76. The quantitative estimate of drug-likeness (QED) is 0.790. The number of terminal acetylenes is 1. The van der Waals surface area contributed by atoms with Crippen LogP contribution in [0, 0.1) is 19.3 Å². The van der Waals surface area contributed by atoms with Gasteiger partial charge in [0, 0.05) is 24.2 Å². The Bertz CT molecular complexity index is 533. The van der Waals surface area contributed by atoms with Gasteiger partial charge in [-0.1, -0.05) is 17.7 Å². The van der Waals surface area contributed by atoms with E-state index in [4.69, 9.17) is 22.8 Å². The van der Waals surface area contributed by atoms with E-state index >= 15 is 0 Å². The Kier molecular flexibility index (Phi) is 4.34. The number of ether oxygens (including phenoxy) is 1. The van der Waals surface area contributed by atoms with Crippen LogP contribution >= 0.6 is 11.6 Å². The SMILES string of the molecule is C#CCC(Oc1cccc(Cl)c1C)C1=NCCN1C. The Morgan fingerprint density at radius 3 is 3.00 bits per heavy atom. The van der Waals surface area contributed by atoms with Gasteiger partial charge in [0.25, 0.3) is 0 Å². The first kappa shape index (κ1) is 13.8. The van der Waals surface area contributed by atoms with Crippen molar-refractivity contribution in [3.8, 4) is 18.1 Å². The van der Waals surface area contributed by atoms with Gasteiger partial charge in [-0.05, 0) is 19.1 Å². The number of rotatable bonds is 4. The highest BCUT2D eigenvalue weighted by Gasteiger charge is 2.24. The molecule has 0 amide bonds. The zero-order chi connectivity index (χ0) is 13.8. The molecule has 0 aliphatic carbocycles. The highest BCUT2D eigenvalue weighted by atomic mass is 35.5. The molecule has 4 heteroatoms. The molecule has 1 aromatic rings. The number of aliphatic imine (C=N–C) groups is 1. The fraction of sp³-hybridized carbons (Fsp3) is 0.400. The molecule has 2 rings (SSSR count). The lowest BCUT2D eigenvalue weighted by Crippen LogP contribution is -2.37. The molecule has 1 heterocycles. The number of nitrogens with zero attached hydrogens (tertiary/aromatic N) is 2. The molecule has 0 N–H and O–H groups in total. The van der Waals surface area contributed by atoms with Crippen LogP contribution in [-0.4, -0.2) is 37.0 Å². The zero-order valence-electron chi connectivity index (χ0n) is 11.2. The summed E-state index contributed by atoms with van der Waals surface area (Å²) in [5.74, 6) is 4.33. The third kappa shape index (κ3) is 3.02. The molecule has 0 saturated carbocycles. The second kappa shape index (κ2) is 5.99. The molecular weight excluding hydrogens is 260 g/mol. The van der Waals surface area contributed by atoms with Crippen LogP contribution in [-0.2, 0) is 0 Å². The van der Waals surface area contributed by atoms with Gasteiger partial charge in [0.2, 0.25) is 0 Å². The summed E-state index contributed by atoms with van der Waals surface area (Å²) in [6, 6.07) is 5.62. The van der Waals surface area contributed by atoms with E-state index in [-0.39, 0.29) is 6.10 Å². The summed E-state index contributed by atoms with van der Waals surface area (Å²) in [6.45, 7) is 3.64. The van der Waals surface area contributed by atoms with Crippen LogP contribution in [0.25, 0.3) is 0 Å². The van der Waals surface area contributed by atoms with Crippen LogP contribution in [0.3, 0.4) is 0 Å². The third-order valence-electron chi connectivity index (χ3n) is 3.18. The number of hydrogen-bond acceptors (Lipinski definition) is 3. The monoisotopic (exact) mass is 276 g/mol. The van der Waals surface area contributed by atoms with E-state index in [1.54, 1.807) is 0 Å². The summed E-state index contributed by atoms with van der Waals surface area (Å²) >= 11 is 6.10. The maximum Gasteiger partial charge on any atom is 0.166 e. The number of likely N-dealkylation sites (N-methyl/N-ethyl adjacent to an activating group) is 1. The third-order valence-corrected chi connectivity index (χ3v) is 3.59. The first-order chi connectivity index (χ1) is 9.13. The number of benzene rings is 1. The lowest BCUT2D eigenvalue weighted by Gasteiger charge is -2.23. The second-order valence-corrected chi connectivity index (χ2v) is 4.95. The lowest BCUT2D eigenvalue weighted by atomic mass is 10.2. The molecule has 1 aliphatic rings. The minimum Gasteiger partial charge on any atom is -0.481 e. The number of halogens is 1. The van der Waals surface area contributed by atoms with Crippen LogP contribution < -0.4 is 4.74 Å². The molecule has 1 aliphatic heterocycles. The Hall–Kier alpha value is -1.66. The van der Waals surface area contributed by atoms with E-state index in [9.17, 15) is 0 Å². The maximum absolute atomic E-state index is 6.10. The van der Waals surface area contributed by atoms with Gasteiger partial charge in [-0.25, -0.2) is 0 Å². The molecule has 0 aromatic heterocycles. The molecule has 0 fully saturated rings. The van der Waals surface area contributed by atoms with Crippen molar-refractivity contribution in [2.45, 2.75) is 19.4 Å². The average Bonchev–Trinajstić information content (AvgIpc) is 2.80. The van der Waals surface area contributed by atoms with Gasteiger partial charge in [0.15, 0.2) is 6.10 Å². The molecule has 3 nitrogen and oxygen atoms in total. The molecule has 0 bridgehead atoms. The van der Waals surface area contributed by atoms with Gasteiger partial charge in [-0.15, -0.1) is 12.3 Å². The normalized spacial score (nSPS) is 15.9. The average molecular weight is 277 g/mol. The zero-order valence-corrected chi connectivity index (χ0v) is 11.9. The Balaban J connectivity index is 2.22. The van der Waals surface area contributed by atoms with Crippen molar-refractivity contribution in [2.24, 2.45) is 4.99 Å². The number of amidine groups is 1. The molecule has 0 saturated heterocycles. The summed E-state index contributed by atoms with van der Waals surface area (Å²) in [4.78, 5) is 6.56. The predicted molar refractivity (Wildman–Crippen MR) is 79.0 cm³/mol. The lowest BCUT2D eigenvalue weighted by molar-refractivity contribution is 0.256. The minimum absolute atomic E-state index is 0.213. The highest BCUT2D eigenvalue weighted by molar-refractivity contribution is 6.31. The molecule has 100 valence electrons. The molecule has 1 unspecified atom stereocenters. The topological polar surface area (TPSA) is 24.8 Å². The summed E-state index contributed by atoms with van der Waals surface area (Å²) in [5, 5.41) is 0.693. The largest absolute Gasteiger partial charge is 0.481 e. The van der Waals surface area contributed by atoms with Gasteiger partial charge in [0.05, 0.1) is 13.0 Å². The first-order valence-electron chi connectivity index (χ1n) is 6.24. The van der Waals surface area contributed by atoms with Crippen molar-refractivity contribution in [1.29, 1.82) is 0 Å². The first-order valence-corrected chi connectivity index (χ1v) is 6.62. The van der Waals surface area contributed by atoms with E-state index in [0.29, 0.717) is 11.4 Å². The summed E-state index contributed by atoms with van der Waals surface area (Å²) in [7, 11) is 2.00. The van der Waals surface area contributed by atoms with Crippen molar-refractivity contribution in [3.63, 3.8) is 0 Å². The van der Waals surface area contributed by atoms with E-state index in [1.807, 2.05) is 32.2 Å². The van der Waals surface area contributed by atoms with Crippen LogP contribution in [0.15, 0.2) is 23.2 Å². The molecular formula is C15H17ClN2O. The van der Waals surface area contributed by atoms with Crippen molar-refractivity contribution in [3.05, 3.63) is 28.8 Å². The van der Waals surface area contributed by atoms with Crippen LogP contribution in [0.4, 0.5) is 0 Å². The van der Waals surface area contributed by atoms with E-state index < -0.39 is 0 Å². The van der Waals surface area contributed by atoms with Crippen molar-refractivity contribution in [1.82, 2.24) is 4.90 Å². The Morgan fingerprint density at radius 1 is 1.58 bits per heavy atom. The maximum atomic E-state index is 6.10. The van der Waals surface area contributed by atoms with Crippen molar-refractivity contribution >= 4 is 17.4 Å². The van der Waals surface area contributed by atoms with Crippen LogP contribution in [0.5, 0.6) is 5.75 Å². The summed E-state index contributed by atoms with van der Waals surface area (Å²) in [6.07, 6.45) is 5.72. The molecule has 0 spiro atoms. The van der Waals surface area contributed by atoms with Crippen molar-refractivity contribution in [2.75, 3.05) is 20.1 Å². The number of hydrogen-bond donors (Lipinski definition) is 0. The summed E-state index contributed by atoms with van der Waals surface area (Å²) < 4.78 is 6.02. The van der Waals surface area contributed by atoms with E-state index in [0.717, 1.165) is 30.2 Å². The van der Waals surface area contributed by atoms with Gasteiger partial charge in [0.1, 0.15) is 11.6 Å². The molecule has 1 atom stereocenters. The van der Waals surface area contributed by atoms with Gasteiger partial charge in [-0.3, -0.25) is 4.99 Å². The molecule has 1 aromatic carbocycles. The van der Waals surface area contributed by atoms with E-state index in [1.165, 1.54) is 0 Å². The highest BCUT2D eigenvalue weighted by Crippen LogP contribution is 2.27. The Morgan fingerprint density at radius 2 is 2.37 bits per heavy atom. The standard InChI is InChI=1S/C15H17ClN2O/c1-4-6-14(15-17-9-10-18(15)3)19-13-8-5-7-12(16)11(13)2/h1,5,7-8,14H,6,9-10H2,2-3H3. The Labute approximate surface area is 119 Å². The van der Waals surface area contributed by atoms with Crippen molar-refractivity contribution < 1.29 is 4.74 Å². The fourth-order valence-corrected chi connectivity index (χ4v) is 2.22. The summed E-state index contributed by atoms with van der Waals surface area (Å²) in [5.41, 5.74) is 0.924. The van der Waals surface area contributed by atoms with Gasteiger partial charge < -0.3 is 9.64 Å². The molecule has 19 heavy (non-hydrogen) atoms. The van der Waals surface area contributed by atoms with E-state index in [2.05, 4.69) is 15.8 Å². The minimum atomic E-state index is -0.213.